The Balaban J connectivity index is 3.82. The molecule has 1 atom stereocenters. The van der Waals surface area contributed by atoms with E-state index in [1.165, 1.54) is 0 Å². The van der Waals surface area contributed by atoms with Gasteiger partial charge in [0.05, 0.1) is 0 Å². The van der Waals surface area contributed by atoms with Gasteiger partial charge in [-0.3, -0.25) is 0 Å². The first-order valence-corrected chi connectivity index (χ1v) is 6.02. The fraction of sp³-hybridized carbons (Fsp3) is 0.917. The molecule has 1 unspecified atom stereocenters. The third-order valence-electron chi connectivity index (χ3n) is 3.25. The normalized spacial score (nSPS) is 15.5. The van der Waals surface area contributed by atoms with Gasteiger partial charge in [0.1, 0.15) is 5.84 Å². The summed E-state index contributed by atoms with van der Waals surface area (Å²) in [6.45, 7) is 11.6. The molecule has 0 fully saturated rings. The minimum atomic E-state index is -0.225. The topological polar surface area (TPSA) is 70.6 Å². The number of hydrogen-bond donors (Lipinski definition) is 3. The molecule has 16 heavy (non-hydrogen) atoms. The molecule has 4 heteroatoms. The van der Waals surface area contributed by atoms with Crippen molar-refractivity contribution in [3.63, 3.8) is 0 Å². The van der Waals surface area contributed by atoms with Crippen LogP contribution in [0.2, 0.25) is 0 Å². The van der Waals surface area contributed by atoms with Crippen molar-refractivity contribution in [2.45, 2.75) is 53.5 Å². The Morgan fingerprint density at radius 2 is 1.94 bits per heavy atom. The van der Waals surface area contributed by atoms with Gasteiger partial charge in [-0.05, 0) is 32.2 Å². The van der Waals surface area contributed by atoms with Gasteiger partial charge >= 0.3 is 0 Å². The second-order valence-electron chi connectivity index (χ2n) is 5.46. The molecule has 0 aliphatic carbocycles. The minimum absolute atomic E-state index is 0.225. The molecule has 0 saturated carbocycles. The van der Waals surface area contributed by atoms with Crippen LogP contribution in [0.3, 0.4) is 0 Å². The molecule has 0 aliphatic heterocycles. The van der Waals surface area contributed by atoms with E-state index in [2.05, 4.69) is 31.2 Å². The summed E-state index contributed by atoms with van der Waals surface area (Å²) >= 11 is 0. The zero-order valence-corrected chi connectivity index (χ0v) is 11.2. The Bertz CT molecular complexity index is 224. The standard InChI is InChI=1S/C12H27N3O/c1-9(2)10(3)14-8-6-7-12(4,5)11(13)15-16/h9-10,14,16H,6-8H2,1-5H3,(H2,13,15). The van der Waals surface area contributed by atoms with E-state index in [9.17, 15) is 0 Å². The molecule has 0 bridgehead atoms. The average Bonchev–Trinajstić information content (AvgIpc) is 2.22. The zero-order chi connectivity index (χ0) is 12.8. The van der Waals surface area contributed by atoms with E-state index >= 15 is 0 Å². The lowest BCUT2D eigenvalue weighted by Gasteiger charge is -2.23. The number of oxime groups is 1. The molecule has 0 amide bonds. The average molecular weight is 229 g/mol. The number of rotatable bonds is 7. The lowest BCUT2D eigenvalue weighted by molar-refractivity contribution is 0.303. The van der Waals surface area contributed by atoms with Crippen LogP contribution in [0.4, 0.5) is 0 Å². The summed E-state index contributed by atoms with van der Waals surface area (Å²) in [5.74, 6) is 0.960. The number of nitrogens with two attached hydrogens (primary N) is 1. The largest absolute Gasteiger partial charge is 0.409 e. The Morgan fingerprint density at radius 1 is 1.38 bits per heavy atom. The van der Waals surface area contributed by atoms with Crippen LogP contribution in [0.1, 0.15) is 47.5 Å². The second-order valence-corrected chi connectivity index (χ2v) is 5.46. The summed E-state index contributed by atoms with van der Waals surface area (Å²) in [7, 11) is 0. The SMILES string of the molecule is CC(C)C(C)NCCCC(C)(C)C(N)=NO. The highest BCUT2D eigenvalue weighted by Gasteiger charge is 2.22. The third kappa shape index (κ3) is 5.35. The van der Waals surface area contributed by atoms with E-state index in [0.717, 1.165) is 19.4 Å². The predicted molar refractivity (Wildman–Crippen MR) is 68.7 cm³/mol. The first-order chi connectivity index (χ1) is 7.31. The lowest BCUT2D eigenvalue weighted by Crippen LogP contribution is -2.35. The van der Waals surface area contributed by atoms with E-state index in [4.69, 9.17) is 10.9 Å². The summed E-state index contributed by atoms with van der Waals surface area (Å²) in [5.41, 5.74) is 5.40. The van der Waals surface area contributed by atoms with Crippen LogP contribution in [0.25, 0.3) is 0 Å². The smallest absolute Gasteiger partial charge is 0.144 e. The fourth-order valence-corrected chi connectivity index (χ4v) is 1.36. The van der Waals surface area contributed by atoms with E-state index in [1.54, 1.807) is 0 Å². The molecule has 0 saturated heterocycles. The molecule has 0 heterocycles. The van der Waals surface area contributed by atoms with Crippen molar-refractivity contribution in [3.8, 4) is 0 Å². The summed E-state index contributed by atoms with van der Waals surface area (Å²) in [6.07, 6.45) is 1.95. The molecule has 0 aromatic rings. The minimum Gasteiger partial charge on any atom is -0.409 e. The van der Waals surface area contributed by atoms with Crippen molar-refractivity contribution in [1.29, 1.82) is 0 Å². The summed E-state index contributed by atoms with van der Waals surface area (Å²) < 4.78 is 0. The Labute approximate surface area is 99.3 Å². The molecule has 0 aromatic heterocycles. The Morgan fingerprint density at radius 3 is 2.38 bits per heavy atom. The van der Waals surface area contributed by atoms with E-state index in [-0.39, 0.29) is 5.41 Å². The maximum Gasteiger partial charge on any atom is 0.144 e. The van der Waals surface area contributed by atoms with Crippen molar-refractivity contribution in [2.24, 2.45) is 22.2 Å². The molecule has 4 nitrogen and oxygen atoms in total. The van der Waals surface area contributed by atoms with Gasteiger partial charge in [-0.2, -0.15) is 0 Å². The molecule has 0 aliphatic rings. The predicted octanol–water partition coefficient (Wildman–Crippen LogP) is 2.17. The number of hydrogen-bond acceptors (Lipinski definition) is 3. The second kappa shape index (κ2) is 6.74. The third-order valence-corrected chi connectivity index (χ3v) is 3.25. The zero-order valence-electron chi connectivity index (χ0n) is 11.2. The number of nitrogens with zero attached hydrogens (tertiary/aromatic N) is 1. The van der Waals surface area contributed by atoms with Crippen molar-refractivity contribution < 1.29 is 5.21 Å². The lowest BCUT2D eigenvalue weighted by atomic mass is 9.86. The van der Waals surface area contributed by atoms with Crippen molar-refractivity contribution in [3.05, 3.63) is 0 Å². The van der Waals surface area contributed by atoms with E-state index in [0.29, 0.717) is 17.8 Å². The highest BCUT2D eigenvalue weighted by atomic mass is 16.4. The summed E-state index contributed by atoms with van der Waals surface area (Å²) in [6, 6.07) is 0.534. The maximum absolute atomic E-state index is 8.64. The van der Waals surface area contributed by atoms with Gasteiger partial charge in [-0.1, -0.05) is 32.9 Å². The van der Waals surface area contributed by atoms with Crippen LogP contribution < -0.4 is 11.1 Å². The van der Waals surface area contributed by atoms with Crippen LogP contribution in [-0.2, 0) is 0 Å². The monoisotopic (exact) mass is 229 g/mol. The fourth-order valence-electron chi connectivity index (χ4n) is 1.36. The highest BCUT2D eigenvalue weighted by Crippen LogP contribution is 2.21. The van der Waals surface area contributed by atoms with Crippen molar-refractivity contribution in [2.75, 3.05) is 6.54 Å². The van der Waals surface area contributed by atoms with E-state index < -0.39 is 0 Å². The molecule has 96 valence electrons. The number of nitrogens with one attached hydrogen (secondary N) is 1. The van der Waals surface area contributed by atoms with Crippen LogP contribution in [-0.4, -0.2) is 23.6 Å². The van der Waals surface area contributed by atoms with Gasteiger partial charge in [0.15, 0.2) is 0 Å². The highest BCUT2D eigenvalue weighted by molar-refractivity contribution is 5.85. The van der Waals surface area contributed by atoms with E-state index in [1.807, 2.05) is 13.8 Å². The first kappa shape index (κ1) is 15.2. The van der Waals surface area contributed by atoms with Gasteiger partial charge in [-0.15, -0.1) is 0 Å². The Hall–Kier alpha value is -0.770. The van der Waals surface area contributed by atoms with Crippen molar-refractivity contribution >= 4 is 5.84 Å². The molecular formula is C12H27N3O. The van der Waals surface area contributed by atoms with Gasteiger partial charge in [-0.25, -0.2) is 0 Å². The van der Waals surface area contributed by atoms with Gasteiger partial charge in [0.2, 0.25) is 0 Å². The molecule has 0 radical (unpaired) electrons. The van der Waals surface area contributed by atoms with Crippen LogP contribution in [0, 0.1) is 11.3 Å². The van der Waals surface area contributed by atoms with Gasteiger partial charge in [0.25, 0.3) is 0 Å². The summed E-state index contributed by atoms with van der Waals surface area (Å²) in [5, 5.41) is 15.2. The molecule has 4 N–H and O–H groups in total. The molecule has 0 spiro atoms. The van der Waals surface area contributed by atoms with Gasteiger partial charge < -0.3 is 16.3 Å². The van der Waals surface area contributed by atoms with Crippen molar-refractivity contribution in [1.82, 2.24) is 5.32 Å². The first-order valence-electron chi connectivity index (χ1n) is 6.02. The number of amidine groups is 1. The van der Waals surface area contributed by atoms with Crippen LogP contribution in [0.5, 0.6) is 0 Å². The quantitative estimate of drug-likeness (QED) is 0.206. The molecule has 0 aromatic carbocycles. The summed E-state index contributed by atoms with van der Waals surface area (Å²) in [4.78, 5) is 0. The molecule has 0 rings (SSSR count). The molecular weight excluding hydrogens is 202 g/mol. The van der Waals surface area contributed by atoms with Gasteiger partial charge in [0, 0.05) is 11.5 Å². The van der Waals surface area contributed by atoms with Crippen LogP contribution >= 0.6 is 0 Å². The van der Waals surface area contributed by atoms with Crippen LogP contribution in [0.15, 0.2) is 5.16 Å². The Kier molecular flexibility index (Phi) is 6.41. The maximum atomic E-state index is 8.64.